The fraction of sp³-hybridized carbons (Fsp3) is 0.107. The van der Waals surface area contributed by atoms with Crippen molar-refractivity contribution >= 4 is 66.7 Å². The summed E-state index contributed by atoms with van der Waals surface area (Å²) in [6, 6.07) is 25.0. The van der Waals surface area contributed by atoms with E-state index in [4.69, 9.17) is 16.6 Å². The Morgan fingerprint density at radius 1 is 0.971 bits per heavy atom. The third-order valence-corrected chi connectivity index (χ3v) is 6.70. The SMILES string of the molecule is CC(C)c1ccc2oc(-c3ccc(NC(=S)NC(=O)c4cccc5c(Br)cccc45)cc3)nc2c1. The van der Waals surface area contributed by atoms with Crippen molar-refractivity contribution in [3.05, 3.63) is 94.5 Å². The minimum atomic E-state index is -0.268. The summed E-state index contributed by atoms with van der Waals surface area (Å²) in [6.45, 7) is 4.31. The predicted molar refractivity (Wildman–Crippen MR) is 149 cm³/mol. The largest absolute Gasteiger partial charge is 0.436 e. The van der Waals surface area contributed by atoms with Crippen LogP contribution in [0.25, 0.3) is 33.3 Å². The Labute approximate surface area is 216 Å². The molecule has 0 fully saturated rings. The van der Waals surface area contributed by atoms with Gasteiger partial charge in [0.1, 0.15) is 5.52 Å². The number of carbonyl (C=O) groups is 1. The van der Waals surface area contributed by atoms with E-state index in [0.717, 1.165) is 37.6 Å². The number of hydrogen-bond acceptors (Lipinski definition) is 4. The van der Waals surface area contributed by atoms with E-state index in [0.29, 0.717) is 17.4 Å². The van der Waals surface area contributed by atoms with Gasteiger partial charge in [-0.15, -0.1) is 0 Å². The first kappa shape index (κ1) is 23.2. The summed E-state index contributed by atoms with van der Waals surface area (Å²) in [5, 5.41) is 7.88. The van der Waals surface area contributed by atoms with Crippen molar-refractivity contribution in [2.75, 3.05) is 5.32 Å². The number of nitrogens with one attached hydrogen (secondary N) is 2. The molecule has 0 aliphatic rings. The molecule has 0 aliphatic heterocycles. The number of rotatable bonds is 4. The molecule has 5 nitrogen and oxygen atoms in total. The van der Waals surface area contributed by atoms with E-state index in [-0.39, 0.29) is 11.0 Å². The van der Waals surface area contributed by atoms with Crippen LogP contribution in [0.3, 0.4) is 0 Å². The lowest BCUT2D eigenvalue weighted by molar-refractivity contribution is 0.0979. The van der Waals surface area contributed by atoms with Gasteiger partial charge in [-0.2, -0.15) is 0 Å². The molecule has 0 unspecified atom stereocenters. The van der Waals surface area contributed by atoms with Gasteiger partial charge in [0.25, 0.3) is 5.91 Å². The summed E-state index contributed by atoms with van der Waals surface area (Å²) in [7, 11) is 0. The number of benzene rings is 4. The molecule has 0 bridgehead atoms. The second-order valence-electron chi connectivity index (χ2n) is 8.53. The normalized spacial score (nSPS) is 11.2. The van der Waals surface area contributed by atoms with Gasteiger partial charge in [-0.1, -0.05) is 60.1 Å². The number of fused-ring (bicyclic) bond motifs is 2. The quantitative estimate of drug-likeness (QED) is 0.228. The molecule has 1 amide bonds. The van der Waals surface area contributed by atoms with Crippen LogP contribution in [0.4, 0.5) is 5.69 Å². The van der Waals surface area contributed by atoms with Crippen LogP contribution in [0.2, 0.25) is 0 Å². The molecule has 0 atom stereocenters. The van der Waals surface area contributed by atoms with Crippen molar-refractivity contribution in [2.24, 2.45) is 0 Å². The maximum atomic E-state index is 12.9. The zero-order valence-electron chi connectivity index (χ0n) is 19.1. The Bertz CT molecular complexity index is 1580. The van der Waals surface area contributed by atoms with Gasteiger partial charge in [-0.3, -0.25) is 10.1 Å². The van der Waals surface area contributed by atoms with Crippen LogP contribution in [-0.4, -0.2) is 16.0 Å². The van der Waals surface area contributed by atoms with Crippen LogP contribution < -0.4 is 10.6 Å². The second-order valence-corrected chi connectivity index (χ2v) is 9.79. The van der Waals surface area contributed by atoms with E-state index in [1.807, 2.05) is 60.7 Å². The first-order valence-electron chi connectivity index (χ1n) is 11.2. The van der Waals surface area contributed by atoms with Crippen LogP contribution >= 0.6 is 28.1 Å². The number of halogens is 1. The highest BCUT2D eigenvalue weighted by Crippen LogP contribution is 2.28. The van der Waals surface area contributed by atoms with Crippen molar-refractivity contribution < 1.29 is 9.21 Å². The van der Waals surface area contributed by atoms with Gasteiger partial charge in [0.15, 0.2) is 10.7 Å². The van der Waals surface area contributed by atoms with Crippen LogP contribution in [0.5, 0.6) is 0 Å². The molecule has 0 spiro atoms. The third-order valence-electron chi connectivity index (χ3n) is 5.81. The maximum absolute atomic E-state index is 12.9. The number of anilines is 1. The standard InChI is InChI=1S/C28H22BrN3O2S/c1-16(2)18-11-14-25-24(15-18)31-27(34-25)17-9-12-19(13-10-17)30-28(35)32-26(33)22-7-3-6-21-20(22)5-4-8-23(21)29/h3-16H,1-2H3,(H2,30,32,33,35). The maximum Gasteiger partial charge on any atom is 0.258 e. The lowest BCUT2D eigenvalue weighted by Gasteiger charge is -2.11. The molecule has 0 aliphatic carbocycles. The first-order valence-corrected chi connectivity index (χ1v) is 12.4. The second kappa shape index (κ2) is 9.60. The summed E-state index contributed by atoms with van der Waals surface area (Å²) in [5.74, 6) is 0.720. The molecule has 5 rings (SSSR count). The highest BCUT2D eigenvalue weighted by molar-refractivity contribution is 9.10. The van der Waals surface area contributed by atoms with Gasteiger partial charge < -0.3 is 9.73 Å². The molecular formula is C28H22BrN3O2S. The molecule has 1 heterocycles. The molecule has 0 saturated carbocycles. The molecule has 7 heteroatoms. The molecule has 0 saturated heterocycles. The Hall–Kier alpha value is -3.55. The van der Waals surface area contributed by atoms with E-state index in [9.17, 15) is 4.79 Å². The molecule has 4 aromatic carbocycles. The van der Waals surface area contributed by atoms with Gasteiger partial charge in [0, 0.05) is 21.3 Å². The van der Waals surface area contributed by atoms with Crippen molar-refractivity contribution in [1.82, 2.24) is 10.3 Å². The van der Waals surface area contributed by atoms with Crippen LogP contribution in [0.15, 0.2) is 87.8 Å². The van der Waals surface area contributed by atoms with E-state index in [1.165, 1.54) is 5.56 Å². The average molecular weight is 544 g/mol. The number of carbonyl (C=O) groups excluding carboxylic acids is 1. The lowest BCUT2D eigenvalue weighted by atomic mass is 10.0. The average Bonchev–Trinajstić information content (AvgIpc) is 3.28. The Balaban J connectivity index is 1.28. The minimum absolute atomic E-state index is 0.220. The fourth-order valence-electron chi connectivity index (χ4n) is 3.93. The number of nitrogens with zero attached hydrogens (tertiary/aromatic N) is 1. The summed E-state index contributed by atoms with van der Waals surface area (Å²) in [5.41, 5.74) is 4.99. The minimum Gasteiger partial charge on any atom is -0.436 e. The summed E-state index contributed by atoms with van der Waals surface area (Å²) in [6.07, 6.45) is 0. The van der Waals surface area contributed by atoms with E-state index in [1.54, 1.807) is 6.07 Å². The summed E-state index contributed by atoms with van der Waals surface area (Å²) < 4.78 is 6.87. The zero-order valence-corrected chi connectivity index (χ0v) is 21.5. The molecule has 0 radical (unpaired) electrons. The van der Waals surface area contributed by atoms with E-state index >= 15 is 0 Å². The summed E-state index contributed by atoms with van der Waals surface area (Å²) >= 11 is 8.92. The molecule has 174 valence electrons. The van der Waals surface area contributed by atoms with Gasteiger partial charge >= 0.3 is 0 Å². The molecular weight excluding hydrogens is 522 g/mol. The van der Waals surface area contributed by atoms with Crippen molar-refractivity contribution in [1.29, 1.82) is 0 Å². The van der Waals surface area contributed by atoms with Crippen molar-refractivity contribution in [3.8, 4) is 11.5 Å². The van der Waals surface area contributed by atoms with Gasteiger partial charge in [0.05, 0.1) is 0 Å². The zero-order chi connectivity index (χ0) is 24.5. The molecule has 1 aromatic heterocycles. The molecule has 5 aromatic rings. The highest BCUT2D eigenvalue weighted by Gasteiger charge is 2.13. The van der Waals surface area contributed by atoms with Gasteiger partial charge in [0.2, 0.25) is 5.89 Å². The van der Waals surface area contributed by atoms with Crippen LogP contribution in [0, 0.1) is 0 Å². The Kier molecular flexibility index (Phi) is 6.36. The topological polar surface area (TPSA) is 67.2 Å². The first-order chi connectivity index (χ1) is 16.9. The predicted octanol–water partition coefficient (Wildman–Crippen LogP) is 7.66. The van der Waals surface area contributed by atoms with E-state index in [2.05, 4.69) is 57.5 Å². The summed E-state index contributed by atoms with van der Waals surface area (Å²) in [4.78, 5) is 17.5. The van der Waals surface area contributed by atoms with Gasteiger partial charge in [-0.05, 0) is 83.0 Å². The van der Waals surface area contributed by atoms with Crippen LogP contribution in [0.1, 0.15) is 35.7 Å². The van der Waals surface area contributed by atoms with E-state index < -0.39 is 0 Å². The third kappa shape index (κ3) is 4.83. The number of aromatic nitrogens is 1. The molecule has 2 N–H and O–H groups in total. The lowest BCUT2D eigenvalue weighted by Crippen LogP contribution is -2.34. The monoisotopic (exact) mass is 543 g/mol. The van der Waals surface area contributed by atoms with Crippen LogP contribution in [-0.2, 0) is 0 Å². The van der Waals surface area contributed by atoms with Crippen molar-refractivity contribution in [3.63, 3.8) is 0 Å². The number of oxazole rings is 1. The molecule has 35 heavy (non-hydrogen) atoms. The van der Waals surface area contributed by atoms with Gasteiger partial charge in [-0.25, -0.2) is 4.98 Å². The van der Waals surface area contributed by atoms with Crippen molar-refractivity contribution in [2.45, 2.75) is 19.8 Å². The number of amides is 1. The Morgan fingerprint density at radius 2 is 1.71 bits per heavy atom. The fourth-order valence-corrected chi connectivity index (χ4v) is 4.63. The Morgan fingerprint density at radius 3 is 2.49 bits per heavy atom. The number of thiocarbonyl (C=S) groups is 1. The number of hydrogen-bond donors (Lipinski definition) is 2. The smallest absolute Gasteiger partial charge is 0.258 e. The highest BCUT2D eigenvalue weighted by atomic mass is 79.9.